The van der Waals surface area contributed by atoms with Crippen LogP contribution in [0.15, 0.2) is 0 Å². The topological polar surface area (TPSA) is 43.8 Å². The molecule has 1 unspecified atom stereocenters. The lowest BCUT2D eigenvalue weighted by molar-refractivity contribution is 0.0949. The van der Waals surface area contributed by atoms with Gasteiger partial charge in [-0.15, -0.1) is 0 Å². The molecule has 0 spiro atoms. The van der Waals surface area contributed by atoms with Crippen molar-refractivity contribution in [3.05, 3.63) is 0 Å². The first-order valence-corrected chi connectivity index (χ1v) is 4.87. The van der Waals surface area contributed by atoms with Crippen LogP contribution in [-0.2, 0) is 0 Å². The van der Waals surface area contributed by atoms with Gasteiger partial charge in [0.15, 0.2) is 0 Å². The minimum Gasteiger partial charge on any atom is -0.392 e. The van der Waals surface area contributed by atoms with E-state index in [-0.39, 0.29) is 6.03 Å². The molecule has 1 saturated heterocycles. The van der Waals surface area contributed by atoms with Crippen LogP contribution in [-0.4, -0.2) is 53.2 Å². The number of carbonyl (C=O) groups is 1. The number of rotatable bonds is 3. The Kier molecular flexibility index (Phi) is 3.54. The second kappa shape index (κ2) is 4.46. The average molecular weight is 186 g/mol. The summed E-state index contributed by atoms with van der Waals surface area (Å²) in [7, 11) is 0. The maximum Gasteiger partial charge on any atom is 0.320 e. The Morgan fingerprint density at radius 3 is 2.62 bits per heavy atom. The lowest BCUT2D eigenvalue weighted by Gasteiger charge is -2.35. The van der Waals surface area contributed by atoms with Gasteiger partial charge in [0.25, 0.3) is 0 Å². The molecule has 4 heteroatoms. The van der Waals surface area contributed by atoms with Crippen molar-refractivity contribution in [3.8, 4) is 0 Å². The van der Waals surface area contributed by atoms with Crippen LogP contribution in [0.4, 0.5) is 4.79 Å². The molecule has 0 aromatic carbocycles. The summed E-state index contributed by atoms with van der Waals surface area (Å²) in [6, 6.07) is 0.0645. The summed E-state index contributed by atoms with van der Waals surface area (Å²) in [6.45, 7) is 6.53. The van der Waals surface area contributed by atoms with Gasteiger partial charge in [-0.25, -0.2) is 4.79 Å². The maximum atomic E-state index is 11.6. The molecule has 0 aromatic rings. The lowest BCUT2D eigenvalue weighted by atomic mass is 10.2. The van der Waals surface area contributed by atoms with Crippen LogP contribution in [0.5, 0.6) is 0 Å². The first-order chi connectivity index (χ1) is 6.15. The highest BCUT2D eigenvalue weighted by Gasteiger charge is 2.24. The molecule has 0 saturated carbocycles. The second-order valence-electron chi connectivity index (χ2n) is 3.51. The SMILES string of the molecule is CCN1CCCN(CC(C)O)C1=O. The van der Waals surface area contributed by atoms with Crippen LogP contribution < -0.4 is 0 Å². The summed E-state index contributed by atoms with van der Waals surface area (Å²) in [6.07, 6.45) is 0.576. The third kappa shape index (κ3) is 2.59. The minimum absolute atomic E-state index is 0.0645. The predicted octanol–water partition coefficient (Wildman–Crippen LogP) is 0.515. The molecule has 1 fully saturated rings. The Hall–Kier alpha value is -0.770. The van der Waals surface area contributed by atoms with Gasteiger partial charge in [-0.05, 0) is 20.3 Å². The van der Waals surface area contributed by atoms with Crippen LogP contribution >= 0.6 is 0 Å². The fraction of sp³-hybridized carbons (Fsp3) is 0.889. The molecule has 0 aromatic heterocycles. The highest BCUT2D eigenvalue weighted by atomic mass is 16.3. The van der Waals surface area contributed by atoms with Gasteiger partial charge in [0.2, 0.25) is 0 Å². The van der Waals surface area contributed by atoms with Gasteiger partial charge in [0.1, 0.15) is 0 Å². The molecule has 0 bridgehead atoms. The Morgan fingerprint density at radius 1 is 1.46 bits per heavy atom. The highest BCUT2D eigenvalue weighted by Crippen LogP contribution is 2.08. The zero-order chi connectivity index (χ0) is 9.84. The molecule has 76 valence electrons. The molecule has 2 amide bonds. The zero-order valence-electron chi connectivity index (χ0n) is 8.36. The van der Waals surface area contributed by atoms with Crippen molar-refractivity contribution in [2.75, 3.05) is 26.2 Å². The van der Waals surface area contributed by atoms with Crippen molar-refractivity contribution >= 4 is 6.03 Å². The molecule has 1 aliphatic rings. The van der Waals surface area contributed by atoms with Crippen LogP contribution in [0, 0.1) is 0 Å². The van der Waals surface area contributed by atoms with Crippen molar-refractivity contribution in [2.45, 2.75) is 26.4 Å². The number of aliphatic hydroxyl groups excluding tert-OH is 1. The van der Waals surface area contributed by atoms with E-state index >= 15 is 0 Å². The summed E-state index contributed by atoms with van der Waals surface area (Å²) in [4.78, 5) is 15.2. The van der Waals surface area contributed by atoms with Gasteiger partial charge in [-0.3, -0.25) is 0 Å². The van der Waals surface area contributed by atoms with Crippen molar-refractivity contribution < 1.29 is 9.90 Å². The van der Waals surface area contributed by atoms with E-state index in [1.54, 1.807) is 11.8 Å². The Balaban J connectivity index is 2.50. The number of hydrogen-bond acceptors (Lipinski definition) is 2. The normalized spacial score (nSPS) is 20.7. The van der Waals surface area contributed by atoms with Gasteiger partial charge in [-0.1, -0.05) is 0 Å². The van der Waals surface area contributed by atoms with Gasteiger partial charge in [0, 0.05) is 26.2 Å². The number of amides is 2. The van der Waals surface area contributed by atoms with E-state index in [4.69, 9.17) is 5.11 Å². The van der Waals surface area contributed by atoms with Crippen molar-refractivity contribution in [1.29, 1.82) is 0 Å². The van der Waals surface area contributed by atoms with Crippen LogP contribution in [0.2, 0.25) is 0 Å². The summed E-state index contributed by atoms with van der Waals surface area (Å²) >= 11 is 0. The van der Waals surface area contributed by atoms with E-state index < -0.39 is 6.10 Å². The van der Waals surface area contributed by atoms with Crippen molar-refractivity contribution in [3.63, 3.8) is 0 Å². The molecule has 1 aliphatic heterocycles. The summed E-state index contributed by atoms with van der Waals surface area (Å²) in [5.74, 6) is 0. The van der Waals surface area contributed by atoms with Crippen LogP contribution in [0.3, 0.4) is 0 Å². The molecule has 0 radical (unpaired) electrons. The van der Waals surface area contributed by atoms with E-state index in [9.17, 15) is 4.79 Å². The number of urea groups is 1. The van der Waals surface area contributed by atoms with Gasteiger partial charge >= 0.3 is 6.03 Å². The van der Waals surface area contributed by atoms with Gasteiger partial charge in [-0.2, -0.15) is 0 Å². The molecule has 1 rings (SSSR count). The fourth-order valence-electron chi connectivity index (χ4n) is 1.63. The molecule has 1 atom stereocenters. The molecule has 0 aliphatic carbocycles. The third-order valence-corrected chi connectivity index (χ3v) is 2.26. The Bertz CT molecular complexity index is 182. The first-order valence-electron chi connectivity index (χ1n) is 4.87. The highest BCUT2D eigenvalue weighted by molar-refractivity contribution is 5.75. The fourth-order valence-corrected chi connectivity index (χ4v) is 1.63. The number of carbonyl (C=O) groups excluding carboxylic acids is 1. The molecule has 1 heterocycles. The number of hydrogen-bond donors (Lipinski definition) is 1. The van der Waals surface area contributed by atoms with Gasteiger partial charge < -0.3 is 14.9 Å². The van der Waals surface area contributed by atoms with E-state index in [0.717, 1.165) is 26.1 Å². The second-order valence-corrected chi connectivity index (χ2v) is 3.51. The minimum atomic E-state index is -0.430. The number of aliphatic hydroxyl groups is 1. The van der Waals surface area contributed by atoms with E-state index in [1.165, 1.54) is 0 Å². The summed E-state index contributed by atoms with van der Waals surface area (Å²) < 4.78 is 0. The van der Waals surface area contributed by atoms with E-state index in [1.807, 2.05) is 11.8 Å². The lowest BCUT2D eigenvalue weighted by Crippen LogP contribution is -2.50. The van der Waals surface area contributed by atoms with Gasteiger partial charge in [0.05, 0.1) is 6.10 Å². The largest absolute Gasteiger partial charge is 0.392 e. The van der Waals surface area contributed by atoms with Crippen molar-refractivity contribution in [1.82, 2.24) is 9.80 Å². The van der Waals surface area contributed by atoms with E-state index in [0.29, 0.717) is 6.54 Å². The van der Waals surface area contributed by atoms with E-state index in [2.05, 4.69) is 0 Å². The average Bonchev–Trinajstić information content (AvgIpc) is 2.08. The predicted molar refractivity (Wildman–Crippen MR) is 50.5 cm³/mol. The standard InChI is InChI=1S/C9H18N2O2/c1-3-10-5-4-6-11(9(10)13)7-8(2)12/h8,12H,3-7H2,1-2H3. The zero-order valence-corrected chi connectivity index (χ0v) is 8.36. The van der Waals surface area contributed by atoms with Crippen LogP contribution in [0.1, 0.15) is 20.3 Å². The van der Waals surface area contributed by atoms with Crippen molar-refractivity contribution in [2.24, 2.45) is 0 Å². The maximum absolute atomic E-state index is 11.6. The third-order valence-electron chi connectivity index (χ3n) is 2.26. The molecule has 1 N–H and O–H groups in total. The Morgan fingerprint density at radius 2 is 2.08 bits per heavy atom. The first kappa shape index (κ1) is 10.3. The molecular formula is C9H18N2O2. The number of β-amino-alcohol motifs (C(OH)–C–C–N with tert-alkyl or cyclic N) is 1. The smallest absolute Gasteiger partial charge is 0.320 e. The molecule has 13 heavy (non-hydrogen) atoms. The molecule has 4 nitrogen and oxygen atoms in total. The quantitative estimate of drug-likeness (QED) is 0.698. The monoisotopic (exact) mass is 186 g/mol. The molecular weight excluding hydrogens is 168 g/mol. The summed E-state index contributed by atoms with van der Waals surface area (Å²) in [5.41, 5.74) is 0. The van der Waals surface area contributed by atoms with Crippen LogP contribution in [0.25, 0.3) is 0 Å². The Labute approximate surface area is 79.1 Å². The number of nitrogens with zero attached hydrogens (tertiary/aromatic N) is 2. The summed E-state index contributed by atoms with van der Waals surface area (Å²) in [5, 5.41) is 9.17.